The van der Waals surface area contributed by atoms with Crippen LogP contribution < -0.4 is 5.32 Å². The van der Waals surface area contributed by atoms with Gasteiger partial charge >= 0.3 is 0 Å². The third kappa shape index (κ3) is 1.91. The number of ketones is 1. The number of Topliss-reactive ketones (excluding diaryl/α,β-unsaturated/α-hetero) is 1. The molecule has 4 rings (SSSR count). The highest BCUT2D eigenvalue weighted by Crippen LogP contribution is 2.53. The summed E-state index contributed by atoms with van der Waals surface area (Å²) >= 11 is 0. The van der Waals surface area contributed by atoms with E-state index in [-0.39, 0.29) is 5.41 Å². The zero-order valence-electron chi connectivity index (χ0n) is 12.7. The summed E-state index contributed by atoms with van der Waals surface area (Å²) in [6.45, 7) is 1.69. The molecule has 0 amide bonds. The molecule has 1 aromatic carbocycles. The predicted molar refractivity (Wildman–Crippen MR) is 81.3 cm³/mol. The van der Waals surface area contributed by atoms with Crippen molar-refractivity contribution in [2.24, 2.45) is 5.92 Å². The van der Waals surface area contributed by atoms with Gasteiger partial charge in [-0.15, -0.1) is 0 Å². The Morgan fingerprint density at radius 1 is 1.43 bits per heavy atom. The smallest absolute Gasteiger partial charge is 0.133 e. The summed E-state index contributed by atoms with van der Waals surface area (Å²) in [7, 11) is 1.76. The topological polar surface area (TPSA) is 38.3 Å². The van der Waals surface area contributed by atoms with Crippen LogP contribution >= 0.6 is 0 Å². The molecule has 0 radical (unpaired) electrons. The Morgan fingerprint density at radius 3 is 3.19 bits per heavy atom. The largest absolute Gasteiger partial charge is 0.380 e. The maximum atomic E-state index is 12.2. The monoisotopic (exact) mass is 285 g/mol. The van der Waals surface area contributed by atoms with Crippen molar-refractivity contribution >= 4 is 5.78 Å². The van der Waals surface area contributed by atoms with Crippen LogP contribution in [0.2, 0.25) is 0 Å². The normalized spacial score (nSPS) is 34.2. The molecule has 2 aliphatic carbocycles. The van der Waals surface area contributed by atoms with Gasteiger partial charge in [-0.2, -0.15) is 0 Å². The number of hydrogen-bond donors (Lipinski definition) is 1. The van der Waals surface area contributed by atoms with E-state index in [2.05, 4.69) is 23.5 Å². The van der Waals surface area contributed by atoms with E-state index in [0.29, 0.717) is 24.3 Å². The minimum absolute atomic E-state index is 0.0773. The summed E-state index contributed by atoms with van der Waals surface area (Å²) in [5.74, 6) is 1.07. The van der Waals surface area contributed by atoms with Crippen LogP contribution in [0.3, 0.4) is 0 Å². The van der Waals surface area contributed by atoms with Crippen molar-refractivity contribution in [1.29, 1.82) is 0 Å². The first-order valence-corrected chi connectivity index (χ1v) is 8.10. The summed E-state index contributed by atoms with van der Waals surface area (Å²) in [6, 6.07) is 7.14. The van der Waals surface area contributed by atoms with Crippen LogP contribution in [0.15, 0.2) is 18.2 Å². The Kier molecular flexibility index (Phi) is 3.16. The zero-order chi connectivity index (χ0) is 14.4. The average molecular weight is 285 g/mol. The van der Waals surface area contributed by atoms with E-state index >= 15 is 0 Å². The van der Waals surface area contributed by atoms with Crippen LogP contribution in [0.4, 0.5) is 0 Å². The van der Waals surface area contributed by atoms with Crippen molar-refractivity contribution in [2.45, 2.75) is 50.2 Å². The van der Waals surface area contributed by atoms with Crippen molar-refractivity contribution in [3.05, 3.63) is 34.9 Å². The fourth-order valence-corrected chi connectivity index (χ4v) is 5.24. The molecule has 0 spiro atoms. The maximum Gasteiger partial charge on any atom is 0.133 e. The molecule has 3 nitrogen and oxygen atoms in total. The molecule has 1 saturated carbocycles. The van der Waals surface area contributed by atoms with Gasteiger partial charge < -0.3 is 10.1 Å². The first kappa shape index (κ1) is 13.5. The Balaban J connectivity index is 1.91. The predicted octanol–water partition coefficient (Wildman–Crippen LogP) is 2.36. The van der Waals surface area contributed by atoms with Gasteiger partial charge in [0.2, 0.25) is 0 Å². The van der Waals surface area contributed by atoms with Gasteiger partial charge in [0.05, 0.1) is 6.61 Å². The van der Waals surface area contributed by atoms with Crippen LogP contribution in [0, 0.1) is 5.92 Å². The number of nitrogens with one attached hydrogen (secondary N) is 1. The van der Waals surface area contributed by atoms with Gasteiger partial charge in [0, 0.05) is 31.4 Å². The lowest BCUT2D eigenvalue weighted by atomic mass is 9.52. The van der Waals surface area contributed by atoms with Gasteiger partial charge in [0.25, 0.3) is 0 Å². The zero-order valence-corrected chi connectivity index (χ0v) is 12.7. The van der Waals surface area contributed by atoms with Gasteiger partial charge in [-0.1, -0.05) is 18.2 Å². The molecule has 3 aliphatic rings. The number of rotatable bonds is 2. The van der Waals surface area contributed by atoms with E-state index in [1.165, 1.54) is 16.7 Å². The number of benzene rings is 1. The number of hydrogen-bond acceptors (Lipinski definition) is 3. The van der Waals surface area contributed by atoms with E-state index in [1.807, 2.05) is 0 Å². The maximum absolute atomic E-state index is 12.2. The molecular formula is C18H23NO2. The molecule has 2 bridgehead atoms. The Hall–Kier alpha value is -1.19. The molecule has 3 heteroatoms. The van der Waals surface area contributed by atoms with Gasteiger partial charge in [0.15, 0.2) is 0 Å². The SMILES string of the molecule is COCc1cccc2c1[C@]13CCN[C@H](C2)[C@@H]1CCC(=O)C3. The highest BCUT2D eigenvalue weighted by atomic mass is 16.5. The number of methoxy groups -OCH3 is 1. The number of piperidine rings is 1. The molecule has 112 valence electrons. The third-order valence-corrected chi connectivity index (χ3v) is 5.89. The number of carbonyl (C=O) groups excluding carboxylic acids is 1. The van der Waals surface area contributed by atoms with Gasteiger partial charge in [-0.3, -0.25) is 4.79 Å². The fourth-order valence-electron chi connectivity index (χ4n) is 5.24. The van der Waals surface area contributed by atoms with Crippen molar-refractivity contribution < 1.29 is 9.53 Å². The van der Waals surface area contributed by atoms with E-state index in [9.17, 15) is 4.79 Å². The Labute approximate surface area is 126 Å². The molecule has 21 heavy (non-hydrogen) atoms. The Bertz CT molecular complexity index is 568. The molecule has 1 heterocycles. The molecule has 3 atom stereocenters. The van der Waals surface area contributed by atoms with E-state index in [4.69, 9.17) is 4.74 Å². The highest BCUT2D eigenvalue weighted by Gasteiger charge is 2.53. The van der Waals surface area contributed by atoms with Crippen LogP contribution in [-0.2, 0) is 28.0 Å². The second-order valence-corrected chi connectivity index (χ2v) is 6.92. The van der Waals surface area contributed by atoms with Crippen molar-refractivity contribution in [3.63, 3.8) is 0 Å². The summed E-state index contributed by atoms with van der Waals surface area (Å²) in [5, 5.41) is 3.71. The molecule has 1 N–H and O–H groups in total. The lowest BCUT2D eigenvalue weighted by Crippen LogP contribution is -2.60. The van der Waals surface area contributed by atoms with Crippen LogP contribution in [0.25, 0.3) is 0 Å². The van der Waals surface area contributed by atoms with Crippen LogP contribution in [-0.4, -0.2) is 25.5 Å². The average Bonchev–Trinajstić information content (AvgIpc) is 2.46. The van der Waals surface area contributed by atoms with E-state index < -0.39 is 0 Å². The van der Waals surface area contributed by atoms with E-state index in [0.717, 1.165) is 38.6 Å². The van der Waals surface area contributed by atoms with E-state index in [1.54, 1.807) is 7.11 Å². The van der Waals surface area contributed by atoms with Crippen LogP contribution in [0.1, 0.15) is 42.4 Å². The lowest BCUT2D eigenvalue weighted by molar-refractivity contribution is -0.125. The first-order valence-electron chi connectivity index (χ1n) is 8.10. The molecule has 1 aliphatic heterocycles. The molecule has 2 fully saturated rings. The summed E-state index contributed by atoms with van der Waals surface area (Å²) < 4.78 is 5.43. The van der Waals surface area contributed by atoms with Gasteiger partial charge in [-0.25, -0.2) is 0 Å². The van der Waals surface area contributed by atoms with Crippen molar-refractivity contribution in [1.82, 2.24) is 5.32 Å². The minimum atomic E-state index is 0.0773. The lowest BCUT2D eigenvalue weighted by Gasteiger charge is -2.56. The highest BCUT2D eigenvalue weighted by molar-refractivity contribution is 5.81. The Morgan fingerprint density at radius 2 is 2.33 bits per heavy atom. The fraction of sp³-hybridized carbons (Fsp3) is 0.611. The van der Waals surface area contributed by atoms with Gasteiger partial charge in [-0.05, 0) is 48.4 Å². The molecule has 1 aromatic rings. The second kappa shape index (κ2) is 4.92. The van der Waals surface area contributed by atoms with Crippen LogP contribution in [0.5, 0.6) is 0 Å². The summed E-state index contributed by atoms with van der Waals surface area (Å²) in [4.78, 5) is 12.2. The summed E-state index contributed by atoms with van der Waals surface area (Å²) in [5.41, 5.74) is 4.28. The second-order valence-electron chi connectivity index (χ2n) is 6.92. The number of fused-ring (bicyclic) bond motifs is 1. The quantitative estimate of drug-likeness (QED) is 0.906. The van der Waals surface area contributed by atoms with Crippen molar-refractivity contribution in [3.8, 4) is 0 Å². The molecule has 1 saturated heterocycles. The number of ether oxygens (including phenoxy) is 1. The molecule has 0 unspecified atom stereocenters. The molecule has 0 aromatic heterocycles. The third-order valence-electron chi connectivity index (χ3n) is 5.89. The molecular weight excluding hydrogens is 262 g/mol. The van der Waals surface area contributed by atoms with Gasteiger partial charge in [0.1, 0.15) is 5.78 Å². The van der Waals surface area contributed by atoms with Crippen molar-refractivity contribution in [2.75, 3.05) is 13.7 Å². The minimum Gasteiger partial charge on any atom is -0.380 e. The first-order chi connectivity index (χ1) is 10.2. The number of carbonyl (C=O) groups is 1. The summed E-state index contributed by atoms with van der Waals surface area (Å²) in [6.07, 6.45) is 4.76. The standard InChI is InChI=1S/C18H23NO2/c1-21-11-13-4-2-3-12-9-16-15-6-5-14(20)10-18(15,17(12)13)7-8-19-16/h2-4,15-16,19H,5-11H2,1H3/t15-,16+,18-/m0/s1.